The number of nitrogens with two attached hydrogens (primary N) is 1. The molecule has 7 nitrogen and oxygen atoms in total. The van der Waals surface area contributed by atoms with Crippen molar-refractivity contribution in [1.29, 1.82) is 0 Å². The molecule has 0 spiro atoms. The van der Waals surface area contributed by atoms with Gasteiger partial charge in [-0.3, -0.25) is 9.89 Å². The predicted octanol–water partition coefficient (Wildman–Crippen LogP) is 4.13. The lowest BCUT2D eigenvalue weighted by Gasteiger charge is -2.30. The molecular weight excluding hydrogens is 438 g/mol. The molecule has 9 heteroatoms. The number of carbonyl (C=O) groups excluding carboxylic acids is 1. The van der Waals surface area contributed by atoms with Gasteiger partial charge in [-0.25, -0.2) is 13.8 Å². The Labute approximate surface area is 195 Å². The van der Waals surface area contributed by atoms with Crippen molar-refractivity contribution in [2.45, 2.75) is 25.3 Å². The number of benzene rings is 2. The topological polar surface area (TPSA) is 99.9 Å². The summed E-state index contributed by atoms with van der Waals surface area (Å²) in [5.41, 5.74) is 8.71. The van der Waals surface area contributed by atoms with E-state index in [1.165, 1.54) is 6.07 Å². The molecule has 0 atom stereocenters. The fraction of sp³-hybridized carbons (Fsp3) is 0.240. The molecule has 0 saturated carbocycles. The minimum absolute atomic E-state index is 0.0221. The van der Waals surface area contributed by atoms with Crippen LogP contribution in [0, 0.1) is 11.6 Å². The van der Waals surface area contributed by atoms with Crippen LogP contribution in [-0.4, -0.2) is 45.1 Å². The average Bonchev–Trinajstić information content (AvgIpc) is 3.23. The van der Waals surface area contributed by atoms with Crippen molar-refractivity contribution in [2.24, 2.45) is 5.73 Å². The highest BCUT2D eigenvalue weighted by Crippen LogP contribution is 2.26. The van der Waals surface area contributed by atoms with Crippen molar-refractivity contribution in [3.8, 4) is 0 Å². The Balaban J connectivity index is 1.37. The highest BCUT2D eigenvalue weighted by atomic mass is 19.1. The van der Waals surface area contributed by atoms with Gasteiger partial charge < -0.3 is 16.0 Å². The van der Waals surface area contributed by atoms with E-state index in [0.717, 1.165) is 25.0 Å². The molecule has 5 rings (SSSR count). The quantitative estimate of drug-likeness (QED) is 0.414. The lowest BCUT2D eigenvalue weighted by Crippen LogP contribution is -2.42. The molecule has 174 valence electrons. The van der Waals surface area contributed by atoms with Crippen LogP contribution < -0.4 is 11.1 Å². The molecule has 2 aromatic carbocycles. The highest BCUT2D eigenvalue weighted by molar-refractivity contribution is 5.96. The van der Waals surface area contributed by atoms with E-state index in [4.69, 9.17) is 5.73 Å². The highest BCUT2D eigenvalue weighted by Gasteiger charge is 2.22. The van der Waals surface area contributed by atoms with E-state index in [9.17, 15) is 13.6 Å². The second-order valence-corrected chi connectivity index (χ2v) is 8.56. The fourth-order valence-corrected chi connectivity index (χ4v) is 4.19. The number of fused-ring (bicyclic) bond motifs is 1. The summed E-state index contributed by atoms with van der Waals surface area (Å²) in [5.74, 6) is -0.383. The van der Waals surface area contributed by atoms with Gasteiger partial charge in [0.1, 0.15) is 17.5 Å². The number of halogens is 2. The maximum absolute atomic E-state index is 14.1. The van der Waals surface area contributed by atoms with Gasteiger partial charge in [-0.15, -0.1) is 0 Å². The molecular formula is C25H24F2N6O. The summed E-state index contributed by atoms with van der Waals surface area (Å²) in [7, 11) is 0. The number of piperidine rings is 1. The summed E-state index contributed by atoms with van der Waals surface area (Å²) in [5, 5.41) is 11.1. The first-order chi connectivity index (χ1) is 16.5. The van der Waals surface area contributed by atoms with Gasteiger partial charge in [0.25, 0.3) is 5.91 Å². The molecule has 4 aromatic rings. The minimum Gasteiger partial charge on any atom is -0.340 e. The fourth-order valence-electron chi connectivity index (χ4n) is 4.19. The first-order valence-corrected chi connectivity index (χ1v) is 11.1. The smallest absolute Gasteiger partial charge is 0.253 e. The van der Waals surface area contributed by atoms with E-state index >= 15 is 0 Å². The molecule has 1 fully saturated rings. The van der Waals surface area contributed by atoms with Crippen LogP contribution in [0.1, 0.15) is 34.3 Å². The van der Waals surface area contributed by atoms with Gasteiger partial charge in [0.2, 0.25) is 0 Å². The average molecular weight is 463 g/mol. The Kier molecular flexibility index (Phi) is 5.93. The van der Waals surface area contributed by atoms with Gasteiger partial charge in [-0.05, 0) is 66.4 Å². The third kappa shape index (κ3) is 4.60. The molecule has 34 heavy (non-hydrogen) atoms. The zero-order chi connectivity index (χ0) is 23.7. The number of anilines is 2. The van der Waals surface area contributed by atoms with Crippen molar-refractivity contribution in [3.63, 3.8) is 0 Å². The van der Waals surface area contributed by atoms with Crippen molar-refractivity contribution in [2.75, 3.05) is 18.4 Å². The summed E-state index contributed by atoms with van der Waals surface area (Å²) in [4.78, 5) is 19.1. The van der Waals surface area contributed by atoms with Gasteiger partial charge in [0.15, 0.2) is 5.65 Å². The molecule has 1 amide bonds. The Morgan fingerprint density at radius 3 is 2.79 bits per heavy atom. The second-order valence-electron chi connectivity index (χ2n) is 8.56. The number of rotatable bonds is 5. The van der Waals surface area contributed by atoms with E-state index in [0.29, 0.717) is 46.8 Å². The molecule has 0 bridgehead atoms. The van der Waals surface area contributed by atoms with Gasteiger partial charge in [0, 0.05) is 43.0 Å². The van der Waals surface area contributed by atoms with Crippen LogP contribution >= 0.6 is 0 Å². The Hall–Kier alpha value is -3.85. The number of nitrogens with zero attached hydrogens (tertiary/aromatic N) is 3. The summed E-state index contributed by atoms with van der Waals surface area (Å²) in [6, 6.07) is 12.7. The van der Waals surface area contributed by atoms with Crippen LogP contribution in [0.5, 0.6) is 0 Å². The number of aromatic amines is 1. The second kappa shape index (κ2) is 9.18. The third-order valence-electron chi connectivity index (χ3n) is 6.07. The molecule has 0 aliphatic carbocycles. The monoisotopic (exact) mass is 462 g/mol. The zero-order valence-electron chi connectivity index (χ0n) is 18.4. The number of carbonyl (C=O) groups is 1. The number of H-pyrrole nitrogens is 1. The predicted molar refractivity (Wildman–Crippen MR) is 126 cm³/mol. The number of hydrogen-bond acceptors (Lipinski definition) is 5. The van der Waals surface area contributed by atoms with Crippen LogP contribution in [0.15, 0.2) is 54.7 Å². The van der Waals surface area contributed by atoms with Gasteiger partial charge in [0.05, 0.1) is 5.39 Å². The Morgan fingerprint density at radius 2 is 1.97 bits per heavy atom. The lowest BCUT2D eigenvalue weighted by molar-refractivity contribution is 0.0715. The lowest BCUT2D eigenvalue weighted by atomic mass is 10.0. The number of hydrogen-bond donors (Lipinski definition) is 3. The Bertz CT molecular complexity index is 1350. The largest absolute Gasteiger partial charge is 0.340 e. The first kappa shape index (κ1) is 22.0. The molecule has 0 unspecified atom stereocenters. The molecule has 1 aliphatic rings. The minimum atomic E-state index is -0.488. The molecule has 2 aromatic heterocycles. The molecule has 1 aliphatic heterocycles. The number of amides is 1. The maximum atomic E-state index is 14.1. The maximum Gasteiger partial charge on any atom is 0.253 e. The van der Waals surface area contributed by atoms with Crippen LogP contribution in [-0.2, 0) is 6.42 Å². The Morgan fingerprint density at radius 1 is 1.15 bits per heavy atom. The van der Waals surface area contributed by atoms with E-state index in [-0.39, 0.29) is 23.9 Å². The number of likely N-dealkylation sites (tertiary alicyclic amines) is 1. The molecule has 0 radical (unpaired) electrons. The summed E-state index contributed by atoms with van der Waals surface area (Å²) in [6.07, 6.45) is 3.40. The third-order valence-corrected chi connectivity index (χ3v) is 6.07. The normalized spacial score (nSPS) is 14.5. The van der Waals surface area contributed by atoms with E-state index in [2.05, 4.69) is 20.5 Å². The number of pyridine rings is 1. The molecule has 3 heterocycles. The van der Waals surface area contributed by atoms with Crippen LogP contribution in [0.2, 0.25) is 0 Å². The molecule has 1 saturated heterocycles. The van der Waals surface area contributed by atoms with Crippen molar-refractivity contribution < 1.29 is 13.6 Å². The van der Waals surface area contributed by atoms with Crippen molar-refractivity contribution >= 4 is 28.4 Å². The number of nitrogens with one attached hydrogen (secondary N) is 2. The first-order valence-electron chi connectivity index (χ1n) is 11.1. The SMILES string of the molecule is NC1CCN(C(=O)c2cccc(Nc3[nH]nc4ncc(Cc5cc(F)ccc5F)cc34)c2)CC1. The summed E-state index contributed by atoms with van der Waals surface area (Å²) >= 11 is 0. The van der Waals surface area contributed by atoms with E-state index in [1.54, 1.807) is 18.3 Å². The van der Waals surface area contributed by atoms with Crippen molar-refractivity contribution in [1.82, 2.24) is 20.1 Å². The van der Waals surface area contributed by atoms with Crippen molar-refractivity contribution in [3.05, 3.63) is 83.1 Å². The van der Waals surface area contributed by atoms with Crippen LogP contribution in [0.4, 0.5) is 20.3 Å². The van der Waals surface area contributed by atoms with Crippen LogP contribution in [0.25, 0.3) is 11.0 Å². The van der Waals surface area contributed by atoms with Gasteiger partial charge in [-0.1, -0.05) is 6.07 Å². The van der Waals surface area contributed by atoms with E-state index < -0.39 is 11.6 Å². The van der Waals surface area contributed by atoms with Crippen LogP contribution in [0.3, 0.4) is 0 Å². The molecule has 4 N–H and O–H groups in total. The standard InChI is InChI=1S/C25H24F2N6O/c26-18-4-5-22(27)17(12-18)10-15-11-21-23(29-14-15)31-32-24(21)30-20-3-1-2-16(13-20)25(34)33-8-6-19(28)7-9-33/h1-5,11-14,19H,6-10,28H2,(H2,29,30,31,32). The van der Waals surface area contributed by atoms with Gasteiger partial charge in [-0.2, -0.15) is 5.10 Å². The zero-order valence-corrected chi connectivity index (χ0v) is 18.4. The summed E-state index contributed by atoms with van der Waals surface area (Å²) in [6.45, 7) is 1.31. The van der Waals surface area contributed by atoms with E-state index in [1.807, 2.05) is 23.1 Å². The number of aromatic nitrogens is 3. The summed E-state index contributed by atoms with van der Waals surface area (Å²) < 4.78 is 27.6. The van der Waals surface area contributed by atoms with Gasteiger partial charge >= 0.3 is 0 Å².